The van der Waals surface area contributed by atoms with Crippen LogP contribution in [0.1, 0.15) is 30.7 Å². The van der Waals surface area contributed by atoms with Crippen LogP contribution in [0.3, 0.4) is 0 Å². The van der Waals surface area contributed by atoms with Gasteiger partial charge < -0.3 is 10.2 Å². The second-order valence-electron chi connectivity index (χ2n) is 6.60. The van der Waals surface area contributed by atoms with Crippen LogP contribution in [0.2, 0.25) is 0 Å². The second kappa shape index (κ2) is 8.16. The lowest BCUT2D eigenvalue weighted by Gasteiger charge is -2.18. The minimum atomic E-state index is -0.294. The smallest absolute Gasteiger partial charge is 0.338 e. The number of amides is 2. The van der Waals surface area contributed by atoms with Crippen LogP contribution in [0.5, 0.6) is 0 Å². The first kappa shape index (κ1) is 18.2. The van der Waals surface area contributed by atoms with Crippen LogP contribution in [-0.4, -0.2) is 38.9 Å². The van der Waals surface area contributed by atoms with E-state index in [0.29, 0.717) is 26.1 Å². The van der Waals surface area contributed by atoms with E-state index in [1.807, 2.05) is 0 Å². The molecule has 0 saturated carbocycles. The Hall–Kier alpha value is -2.64. The standard InChI is InChI=1S/C18H24FN5O2/c1-22(13-14-6-8-15(19)9-7-14)17(25)20-10-4-12-24-18(26)23-11-3-2-5-16(23)21-24/h6-9H,2-5,10-13H2,1H3,(H,20,25). The number of carbonyl (C=O) groups is 1. The molecule has 1 aromatic heterocycles. The van der Waals surface area contributed by atoms with Gasteiger partial charge in [0.1, 0.15) is 11.6 Å². The van der Waals surface area contributed by atoms with E-state index in [2.05, 4.69) is 10.4 Å². The van der Waals surface area contributed by atoms with Crippen LogP contribution in [-0.2, 0) is 26.1 Å². The van der Waals surface area contributed by atoms with Crippen LogP contribution in [0.15, 0.2) is 29.1 Å². The van der Waals surface area contributed by atoms with Gasteiger partial charge in [-0.3, -0.25) is 4.57 Å². The third-order valence-electron chi connectivity index (χ3n) is 4.53. The van der Waals surface area contributed by atoms with Gasteiger partial charge in [0.15, 0.2) is 0 Å². The Morgan fingerprint density at radius 2 is 2.08 bits per heavy atom. The van der Waals surface area contributed by atoms with Gasteiger partial charge in [0, 0.05) is 39.6 Å². The summed E-state index contributed by atoms with van der Waals surface area (Å²) < 4.78 is 16.2. The Kier molecular flexibility index (Phi) is 5.70. The fraction of sp³-hybridized carbons (Fsp3) is 0.500. The summed E-state index contributed by atoms with van der Waals surface area (Å²) in [6.45, 7) is 2.10. The molecule has 1 aliphatic rings. The van der Waals surface area contributed by atoms with E-state index in [1.165, 1.54) is 21.7 Å². The van der Waals surface area contributed by atoms with Crippen molar-refractivity contribution in [3.63, 3.8) is 0 Å². The molecular formula is C18H24FN5O2. The van der Waals surface area contributed by atoms with Gasteiger partial charge in [-0.05, 0) is 37.0 Å². The Bertz CT molecular complexity index is 812. The Morgan fingerprint density at radius 1 is 1.31 bits per heavy atom. The van der Waals surface area contributed by atoms with Gasteiger partial charge in [-0.1, -0.05) is 12.1 Å². The van der Waals surface area contributed by atoms with Gasteiger partial charge in [-0.2, -0.15) is 5.10 Å². The summed E-state index contributed by atoms with van der Waals surface area (Å²) in [5.74, 6) is 0.571. The minimum Gasteiger partial charge on any atom is -0.338 e. The van der Waals surface area contributed by atoms with E-state index in [1.54, 1.807) is 23.7 Å². The molecule has 1 aliphatic heterocycles. The molecule has 0 radical (unpaired) electrons. The van der Waals surface area contributed by atoms with Crippen molar-refractivity contribution >= 4 is 6.03 Å². The molecule has 1 aromatic carbocycles. The number of urea groups is 1. The number of aryl methyl sites for hydroxylation is 2. The first-order valence-corrected chi connectivity index (χ1v) is 8.94. The van der Waals surface area contributed by atoms with Gasteiger partial charge in [-0.25, -0.2) is 18.7 Å². The van der Waals surface area contributed by atoms with Gasteiger partial charge in [0.2, 0.25) is 0 Å². The van der Waals surface area contributed by atoms with Crippen LogP contribution in [0.25, 0.3) is 0 Å². The van der Waals surface area contributed by atoms with E-state index in [9.17, 15) is 14.0 Å². The van der Waals surface area contributed by atoms with Gasteiger partial charge in [0.25, 0.3) is 0 Å². The van der Waals surface area contributed by atoms with Crippen molar-refractivity contribution in [2.75, 3.05) is 13.6 Å². The highest BCUT2D eigenvalue weighted by atomic mass is 19.1. The fourth-order valence-electron chi connectivity index (χ4n) is 3.09. The molecule has 7 nitrogen and oxygen atoms in total. The van der Waals surface area contributed by atoms with Crippen molar-refractivity contribution in [2.24, 2.45) is 0 Å². The molecule has 0 atom stereocenters. The number of aromatic nitrogens is 3. The first-order chi connectivity index (χ1) is 12.5. The van der Waals surface area contributed by atoms with Crippen molar-refractivity contribution in [1.82, 2.24) is 24.6 Å². The quantitative estimate of drug-likeness (QED) is 0.797. The molecule has 0 saturated heterocycles. The SMILES string of the molecule is CN(Cc1ccc(F)cc1)C(=O)NCCCn1nc2n(c1=O)CCCC2. The molecule has 2 heterocycles. The van der Waals surface area contributed by atoms with Gasteiger partial charge in [-0.15, -0.1) is 0 Å². The highest BCUT2D eigenvalue weighted by Gasteiger charge is 2.16. The number of nitrogens with one attached hydrogen (secondary N) is 1. The summed E-state index contributed by atoms with van der Waals surface area (Å²) >= 11 is 0. The molecule has 0 aliphatic carbocycles. The van der Waals surface area contributed by atoms with Crippen molar-refractivity contribution in [3.05, 3.63) is 52.0 Å². The minimum absolute atomic E-state index is 0.0561. The molecule has 0 unspecified atom stereocenters. The Labute approximate surface area is 151 Å². The average Bonchev–Trinajstić information content (AvgIpc) is 2.96. The summed E-state index contributed by atoms with van der Waals surface area (Å²) in [6, 6.07) is 5.87. The monoisotopic (exact) mass is 361 g/mol. The third-order valence-corrected chi connectivity index (χ3v) is 4.53. The number of hydrogen-bond acceptors (Lipinski definition) is 3. The zero-order valence-corrected chi connectivity index (χ0v) is 14.9. The number of fused-ring (bicyclic) bond motifs is 1. The third kappa shape index (κ3) is 4.30. The number of halogens is 1. The maximum atomic E-state index is 12.9. The first-order valence-electron chi connectivity index (χ1n) is 8.94. The lowest BCUT2D eigenvalue weighted by atomic mass is 10.2. The maximum Gasteiger partial charge on any atom is 0.345 e. The lowest BCUT2D eigenvalue weighted by molar-refractivity contribution is 0.206. The Balaban J connectivity index is 1.43. The Morgan fingerprint density at radius 3 is 2.81 bits per heavy atom. The molecule has 0 spiro atoms. The molecule has 140 valence electrons. The summed E-state index contributed by atoms with van der Waals surface area (Å²) in [5.41, 5.74) is 0.804. The van der Waals surface area contributed by atoms with Gasteiger partial charge >= 0.3 is 11.7 Å². The predicted molar refractivity (Wildman–Crippen MR) is 95.3 cm³/mol. The second-order valence-corrected chi connectivity index (χ2v) is 6.60. The zero-order valence-electron chi connectivity index (χ0n) is 14.9. The van der Waals surface area contributed by atoms with Crippen molar-refractivity contribution in [3.8, 4) is 0 Å². The fourth-order valence-corrected chi connectivity index (χ4v) is 3.09. The summed E-state index contributed by atoms with van der Waals surface area (Å²) in [4.78, 5) is 25.9. The topological polar surface area (TPSA) is 72.2 Å². The average molecular weight is 361 g/mol. The number of hydrogen-bond donors (Lipinski definition) is 1. The lowest BCUT2D eigenvalue weighted by Crippen LogP contribution is -2.37. The molecule has 2 amide bonds. The molecule has 26 heavy (non-hydrogen) atoms. The molecular weight excluding hydrogens is 337 g/mol. The predicted octanol–water partition coefficient (Wildman–Crippen LogP) is 1.75. The van der Waals surface area contributed by atoms with E-state index in [-0.39, 0.29) is 17.5 Å². The summed E-state index contributed by atoms with van der Waals surface area (Å²) in [5, 5.41) is 7.21. The maximum absolute atomic E-state index is 12.9. The normalized spacial score (nSPS) is 13.3. The highest BCUT2D eigenvalue weighted by Crippen LogP contribution is 2.09. The molecule has 0 fully saturated rings. The summed E-state index contributed by atoms with van der Waals surface area (Å²) in [6.07, 6.45) is 3.58. The van der Waals surface area contributed by atoms with Gasteiger partial charge in [0.05, 0.1) is 0 Å². The molecule has 8 heteroatoms. The van der Waals surface area contributed by atoms with E-state index >= 15 is 0 Å². The number of carbonyl (C=O) groups excluding carboxylic acids is 1. The van der Waals surface area contributed by atoms with Crippen LogP contribution in [0, 0.1) is 5.82 Å². The van der Waals surface area contributed by atoms with E-state index < -0.39 is 0 Å². The summed E-state index contributed by atoms with van der Waals surface area (Å²) in [7, 11) is 1.69. The van der Waals surface area contributed by atoms with Crippen molar-refractivity contribution in [2.45, 2.75) is 45.3 Å². The highest BCUT2D eigenvalue weighted by molar-refractivity contribution is 5.73. The van der Waals surface area contributed by atoms with E-state index in [0.717, 1.165) is 37.2 Å². The number of benzene rings is 1. The van der Waals surface area contributed by atoms with Crippen molar-refractivity contribution < 1.29 is 9.18 Å². The molecule has 3 rings (SSSR count). The number of nitrogens with zero attached hydrogens (tertiary/aromatic N) is 4. The largest absolute Gasteiger partial charge is 0.345 e. The van der Waals surface area contributed by atoms with Crippen LogP contribution >= 0.6 is 0 Å². The van der Waals surface area contributed by atoms with Crippen LogP contribution in [0.4, 0.5) is 9.18 Å². The van der Waals surface area contributed by atoms with E-state index in [4.69, 9.17) is 0 Å². The van der Waals surface area contributed by atoms with Crippen LogP contribution < -0.4 is 11.0 Å². The zero-order chi connectivity index (χ0) is 18.5. The molecule has 1 N–H and O–H groups in total. The number of rotatable bonds is 6. The van der Waals surface area contributed by atoms with Crippen molar-refractivity contribution in [1.29, 1.82) is 0 Å². The molecule has 0 bridgehead atoms. The molecule has 2 aromatic rings.